The van der Waals surface area contributed by atoms with Crippen molar-refractivity contribution in [3.05, 3.63) is 0 Å². The van der Waals surface area contributed by atoms with Gasteiger partial charge in [-0.1, -0.05) is 90.9 Å². The zero-order valence-corrected chi connectivity index (χ0v) is 18.9. The van der Waals surface area contributed by atoms with Gasteiger partial charge in [-0.2, -0.15) is 0 Å². The van der Waals surface area contributed by atoms with Crippen molar-refractivity contribution in [3.63, 3.8) is 0 Å². The topological polar surface area (TPSA) is 52.6 Å². The van der Waals surface area contributed by atoms with E-state index in [9.17, 15) is 9.59 Å². The maximum atomic E-state index is 11.7. The highest BCUT2D eigenvalue weighted by Gasteiger charge is 2.10. The average Bonchev–Trinajstić information content (AvgIpc) is 2.67. The third kappa shape index (κ3) is 19.7. The summed E-state index contributed by atoms with van der Waals surface area (Å²) in [6.45, 7) is 6.81. The Balaban J connectivity index is 3.36. The van der Waals surface area contributed by atoms with E-state index in [1.54, 1.807) is 0 Å². The molecule has 0 aliphatic heterocycles. The molecular weight excluding hydrogens is 352 g/mol. The first-order valence-corrected chi connectivity index (χ1v) is 11.9. The van der Waals surface area contributed by atoms with Crippen molar-refractivity contribution in [2.75, 3.05) is 6.61 Å². The molecule has 0 bridgehead atoms. The van der Waals surface area contributed by atoms with E-state index >= 15 is 0 Å². The minimum absolute atomic E-state index is 0.0274. The van der Waals surface area contributed by atoms with Crippen molar-refractivity contribution in [2.45, 2.75) is 136 Å². The van der Waals surface area contributed by atoms with Crippen LogP contribution in [-0.2, 0) is 19.1 Å². The van der Waals surface area contributed by atoms with Gasteiger partial charge in [0.05, 0.1) is 12.7 Å². The average molecular weight is 399 g/mol. The largest absolute Gasteiger partial charge is 0.466 e. The van der Waals surface area contributed by atoms with Gasteiger partial charge in [0.15, 0.2) is 0 Å². The first kappa shape index (κ1) is 26.9. The Kier molecular flexibility index (Phi) is 19.9. The zero-order chi connectivity index (χ0) is 20.9. The minimum Gasteiger partial charge on any atom is -0.466 e. The highest BCUT2D eigenvalue weighted by Crippen LogP contribution is 2.11. The summed E-state index contributed by atoms with van der Waals surface area (Å²) < 4.78 is 10.6. The smallest absolute Gasteiger partial charge is 0.306 e. The van der Waals surface area contributed by atoms with Crippen LogP contribution in [0.15, 0.2) is 0 Å². The Morgan fingerprint density at radius 2 is 1.14 bits per heavy atom. The molecule has 0 saturated heterocycles. The van der Waals surface area contributed by atoms with E-state index < -0.39 is 0 Å². The zero-order valence-electron chi connectivity index (χ0n) is 18.9. The second-order valence-electron chi connectivity index (χ2n) is 8.05. The summed E-state index contributed by atoms with van der Waals surface area (Å²) in [6, 6.07) is 0. The van der Waals surface area contributed by atoms with Crippen LogP contribution in [-0.4, -0.2) is 24.6 Å². The first-order valence-electron chi connectivity index (χ1n) is 11.9. The first-order chi connectivity index (χ1) is 13.6. The Bertz CT molecular complexity index is 368. The predicted octanol–water partition coefficient (Wildman–Crippen LogP) is 7.13. The van der Waals surface area contributed by atoms with Crippen molar-refractivity contribution in [1.82, 2.24) is 0 Å². The normalized spacial score (nSPS) is 12.0. The molecule has 0 N–H and O–H groups in total. The van der Waals surface area contributed by atoms with Crippen molar-refractivity contribution in [1.29, 1.82) is 0 Å². The van der Waals surface area contributed by atoms with Gasteiger partial charge in [-0.25, -0.2) is 0 Å². The summed E-state index contributed by atoms with van der Waals surface area (Å²) in [5.41, 5.74) is 0. The molecule has 28 heavy (non-hydrogen) atoms. The Morgan fingerprint density at radius 3 is 1.71 bits per heavy atom. The molecule has 0 fully saturated rings. The number of rotatable bonds is 20. The molecule has 0 radical (unpaired) electrons. The van der Waals surface area contributed by atoms with Crippen LogP contribution < -0.4 is 0 Å². The predicted molar refractivity (Wildman–Crippen MR) is 116 cm³/mol. The van der Waals surface area contributed by atoms with Crippen molar-refractivity contribution in [2.24, 2.45) is 0 Å². The van der Waals surface area contributed by atoms with E-state index in [1.807, 2.05) is 6.92 Å². The SMILES string of the molecule is CCCCCCCCCCCCCOC(=O)CCCC(=O)OC(C)CCCC. The third-order valence-corrected chi connectivity index (χ3v) is 5.07. The van der Waals surface area contributed by atoms with Crippen LogP contribution in [0.5, 0.6) is 0 Å². The van der Waals surface area contributed by atoms with Crippen molar-refractivity contribution < 1.29 is 19.1 Å². The van der Waals surface area contributed by atoms with Gasteiger partial charge in [-0.3, -0.25) is 9.59 Å². The van der Waals surface area contributed by atoms with Gasteiger partial charge >= 0.3 is 11.9 Å². The van der Waals surface area contributed by atoms with Gasteiger partial charge in [-0.05, 0) is 26.2 Å². The number of unbranched alkanes of at least 4 members (excludes halogenated alkanes) is 11. The van der Waals surface area contributed by atoms with Crippen LogP contribution in [0.4, 0.5) is 0 Å². The van der Waals surface area contributed by atoms with E-state index in [4.69, 9.17) is 9.47 Å². The van der Waals surface area contributed by atoms with E-state index in [2.05, 4.69) is 13.8 Å². The molecule has 0 spiro atoms. The standard InChI is InChI=1S/C24H46O4/c1-4-6-8-9-10-11-12-13-14-15-16-21-27-23(25)19-17-20-24(26)28-22(3)18-7-5-2/h22H,4-21H2,1-3H3. The maximum Gasteiger partial charge on any atom is 0.306 e. The summed E-state index contributed by atoms with van der Waals surface area (Å²) >= 11 is 0. The Hall–Kier alpha value is -1.06. The molecule has 0 saturated carbocycles. The molecule has 0 heterocycles. The number of esters is 2. The number of hydrogen-bond acceptors (Lipinski definition) is 4. The molecule has 0 amide bonds. The Morgan fingerprint density at radius 1 is 0.643 bits per heavy atom. The Labute approximate surface area is 174 Å². The molecule has 0 aromatic heterocycles. The van der Waals surface area contributed by atoms with Gasteiger partial charge in [0.25, 0.3) is 0 Å². The molecular formula is C24H46O4. The third-order valence-electron chi connectivity index (χ3n) is 5.07. The molecule has 1 atom stereocenters. The molecule has 1 unspecified atom stereocenters. The lowest BCUT2D eigenvalue weighted by Crippen LogP contribution is -2.15. The van der Waals surface area contributed by atoms with E-state index in [0.717, 1.165) is 32.1 Å². The number of hydrogen-bond donors (Lipinski definition) is 0. The molecule has 0 rings (SSSR count). The minimum atomic E-state index is -0.207. The summed E-state index contributed by atoms with van der Waals surface area (Å²) in [6.07, 6.45) is 18.3. The highest BCUT2D eigenvalue weighted by atomic mass is 16.5. The summed E-state index contributed by atoms with van der Waals surface area (Å²) in [4.78, 5) is 23.4. The van der Waals surface area contributed by atoms with Crippen LogP contribution >= 0.6 is 0 Å². The lowest BCUT2D eigenvalue weighted by molar-refractivity contribution is -0.149. The van der Waals surface area contributed by atoms with Crippen LogP contribution in [0.2, 0.25) is 0 Å². The fourth-order valence-corrected chi connectivity index (χ4v) is 3.24. The summed E-state index contributed by atoms with van der Waals surface area (Å²) in [5.74, 6) is -0.402. The molecule has 0 aromatic carbocycles. The fourth-order valence-electron chi connectivity index (χ4n) is 3.24. The number of carbonyl (C=O) groups is 2. The molecule has 0 aromatic rings. The number of ether oxygens (including phenoxy) is 2. The van der Waals surface area contributed by atoms with Gasteiger partial charge in [0.2, 0.25) is 0 Å². The van der Waals surface area contributed by atoms with Crippen LogP contribution in [0, 0.1) is 0 Å². The van der Waals surface area contributed by atoms with E-state index in [0.29, 0.717) is 25.9 Å². The van der Waals surface area contributed by atoms with Gasteiger partial charge in [0, 0.05) is 12.8 Å². The second kappa shape index (κ2) is 20.7. The second-order valence-corrected chi connectivity index (χ2v) is 8.05. The molecule has 166 valence electrons. The highest BCUT2D eigenvalue weighted by molar-refractivity contribution is 5.72. The molecule has 0 aliphatic carbocycles. The summed E-state index contributed by atoms with van der Waals surface area (Å²) in [5, 5.41) is 0. The van der Waals surface area contributed by atoms with E-state index in [-0.39, 0.29) is 18.0 Å². The fraction of sp³-hybridized carbons (Fsp3) is 0.917. The molecule has 4 heteroatoms. The van der Waals surface area contributed by atoms with Crippen molar-refractivity contribution in [3.8, 4) is 0 Å². The summed E-state index contributed by atoms with van der Waals surface area (Å²) in [7, 11) is 0. The van der Waals surface area contributed by atoms with E-state index in [1.165, 1.54) is 57.8 Å². The molecule has 4 nitrogen and oxygen atoms in total. The quantitative estimate of drug-likeness (QED) is 0.162. The monoisotopic (exact) mass is 398 g/mol. The molecule has 0 aliphatic rings. The lowest BCUT2D eigenvalue weighted by atomic mass is 10.1. The van der Waals surface area contributed by atoms with Gasteiger partial charge < -0.3 is 9.47 Å². The van der Waals surface area contributed by atoms with Crippen LogP contribution in [0.1, 0.15) is 130 Å². The van der Waals surface area contributed by atoms with Gasteiger partial charge in [-0.15, -0.1) is 0 Å². The maximum absolute atomic E-state index is 11.7. The van der Waals surface area contributed by atoms with Gasteiger partial charge in [0.1, 0.15) is 0 Å². The van der Waals surface area contributed by atoms with Crippen molar-refractivity contribution >= 4 is 11.9 Å². The van der Waals surface area contributed by atoms with Crippen LogP contribution in [0.25, 0.3) is 0 Å². The number of carbonyl (C=O) groups excluding carboxylic acids is 2. The van der Waals surface area contributed by atoms with Crippen LogP contribution in [0.3, 0.4) is 0 Å². The lowest BCUT2D eigenvalue weighted by Gasteiger charge is -2.12.